The lowest BCUT2D eigenvalue weighted by Crippen LogP contribution is -1.95. The predicted octanol–water partition coefficient (Wildman–Crippen LogP) is 3.07. The normalized spacial score (nSPS) is 11.1. The Balaban J connectivity index is 2.54. The Morgan fingerprint density at radius 3 is 2.59 bits per heavy atom. The molecule has 0 saturated carbocycles. The second-order valence-corrected chi connectivity index (χ2v) is 5.41. The third kappa shape index (κ3) is 2.45. The van der Waals surface area contributed by atoms with E-state index < -0.39 is 9.84 Å². The molecule has 0 unspecified atom stereocenters. The molecule has 0 N–H and O–H groups in total. The molecule has 2 aromatic rings. The van der Waals surface area contributed by atoms with Gasteiger partial charge in [0.15, 0.2) is 9.84 Å². The summed E-state index contributed by atoms with van der Waals surface area (Å²) in [6.45, 7) is 3.32. The van der Waals surface area contributed by atoms with Crippen molar-refractivity contribution in [1.82, 2.24) is 0 Å². The van der Waals surface area contributed by atoms with Crippen LogP contribution in [0.2, 0.25) is 0 Å². The Labute approximate surface area is 101 Å². The fraction of sp³-hybridized carbons (Fsp3) is 0. The molecule has 0 saturated heterocycles. The van der Waals surface area contributed by atoms with Crippen LogP contribution in [0.15, 0.2) is 65.4 Å². The molecule has 0 aromatic heterocycles. The smallest absolute Gasteiger partial charge is 0.199 e. The van der Waals surface area contributed by atoms with Crippen LogP contribution in [-0.2, 0) is 9.84 Å². The van der Waals surface area contributed by atoms with E-state index in [9.17, 15) is 8.42 Å². The van der Waals surface area contributed by atoms with Gasteiger partial charge in [0.2, 0.25) is 0 Å². The van der Waals surface area contributed by atoms with Crippen LogP contribution in [0.5, 0.6) is 0 Å². The Hall–Kier alpha value is -1.87. The third-order valence-corrected chi connectivity index (χ3v) is 3.75. The number of hydrogen-bond donors (Lipinski definition) is 0. The average Bonchev–Trinajstić information content (AvgIpc) is 2.40. The highest BCUT2D eigenvalue weighted by atomic mass is 32.2. The molecular formula is C14H11O2S. The standard InChI is InChI=1S/C14H11O2S/c1-2-17(15,16)14-10-6-9-13(11-14)12-7-4-3-5-8-12/h2-7,9-11H,1H2. The molecule has 1 radical (unpaired) electrons. The van der Waals surface area contributed by atoms with Gasteiger partial charge in [-0.1, -0.05) is 43.0 Å². The van der Waals surface area contributed by atoms with Gasteiger partial charge < -0.3 is 0 Å². The van der Waals surface area contributed by atoms with Gasteiger partial charge in [-0.25, -0.2) is 8.42 Å². The molecule has 2 rings (SSSR count). The number of sulfone groups is 1. The van der Waals surface area contributed by atoms with E-state index in [-0.39, 0.29) is 4.90 Å². The summed E-state index contributed by atoms with van der Waals surface area (Å²) in [5, 5.41) is 0.959. The molecule has 0 amide bonds. The first-order valence-corrected chi connectivity index (χ1v) is 6.63. The highest BCUT2D eigenvalue weighted by Gasteiger charge is 2.10. The fourth-order valence-electron chi connectivity index (χ4n) is 1.51. The van der Waals surface area contributed by atoms with Crippen LogP contribution in [0, 0.1) is 6.07 Å². The maximum Gasteiger partial charge on any atom is 0.199 e. The molecule has 2 aromatic carbocycles. The number of hydrogen-bond acceptors (Lipinski definition) is 2. The highest BCUT2D eigenvalue weighted by Crippen LogP contribution is 2.22. The topological polar surface area (TPSA) is 34.1 Å². The molecule has 85 valence electrons. The van der Waals surface area contributed by atoms with Crippen molar-refractivity contribution in [3.8, 4) is 11.1 Å². The van der Waals surface area contributed by atoms with Crippen molar-refractivity contribution in [2.24, 2.45) is 0 Å². The summed E-state index contributed by atoms with van der Waals surface area (Å²) in [5.74, 6) is 0. The lowest BCUT2D eigenvalue weighted by Gasteiger charge is -2.03. The van der Waals surface area contributed by atoms with Crippen LogP contribution in [-0.4, -0.2) is 8.42 Å². The lowest BCUT2D eigenvalue weighted by molar-refractivity contribution is 0.605. The second-order valence-electron chi connectivity index (χ2n) is 3.52. The molecule has 0 fully saturated rings. The van der Waals surface area contributed by atoms with Gasteiger partial charge in [0.1, 0.15) is 0 Å². The summed E-state index contributed by atoms with van der Waals surface area (Å²) in [6, 6.07) is 17.3. The van der Waals surface area contributed by atoms with Gasteiger partial charge in [-0.3, -0.25) is 0 Å². The monoisotopic (exact) mass is 243 g/mol. The maximum atomic E-state index is 11.7. The Kier molecular flexibility index (Phi) is 3.11. The van der Waals surface area contributed by atoms with Gasteiger partial charge in [0.25, 0.3) is 0 Å². The van der Waals surface area contributed by atoms with E-state index in [1.165, 1.54) is 0 Å². The van der Waals surface area contributed by atoms with Crippen molar-refractivity contribution in [2.75, 3.05) is 0 Å². The Bertz CT molecular complexity index is 628. The summed E-state index contributed by atoms with van der Waals surface area (Å²) in [6.07, 6.45) is 0. The molecule has 0 spiro atoms. The van der Waals surface area contributed by atoms with E-state index in [4.69, 9.17) is 0 Å². The van der Waals surface area contributed by atoms with Crippen LogP contribution in [0.25, 0.3) is 11.1 Å². The molecule has 0 heterocycles. The van der Waals surface area contributed by atoms with E-state index in [2.05, 4.69) is 12.6 Å². The summed E-state index contributed by atoms with van der Waals surface area (Å²) in [4.78, 5) is 0.252. The van der Waals surface area contributed by atoms with Gasteiger partial charge in [-0.15, -0.1) is 0 Å². The van der Waals surface area contributed by atoms with Gasteiger partial charge in [0, 0.05) is 5.41 Å². The van der Waals surface area contributed by atoms with Gasteiger partial charge in [-0.2, -0.15) is 0 Å². The van der Waals surface area contributed by atoms with Gasteiger partial charge >= 0.3 is 0 Å². The molecular weight excluding hydrogens is 232 g/mol. The summed E-state index contributed by atoms with van der Waals surface area (Å²) >= 11 is 0. The highest BCUT2D eigenvalue weighted by molar-refractivity contribution is 7.94. The molecule has 0 aliphatic heterocycles. The van der Waals surface area contributed by atoms with Gasteiger partial charge in [-0.05, 0) is 29.3 Å². The zero-order valence-electron chi connectivity index (χ0n) is 9.13. The van der Waals surface area contributed by atoms with Crippen LogP contribution in [0.3, 0.4) is 0 Å². The van der Waals surface area contributed by atoms with Crippen molar-refractivity contribution < 1.29 is 8.42 Å². The molecule has 0 aliphatic rings. The lowest BCUT2D eigenvalue weighted by atomic mass is 10.1. The minimum absolute atomic E-state index is 0.252. The SMILES string of the molecule is C=CS(=O)(=O)c1cccc(-c2[c]cccc2)c1. The van der Waals surface area contributed by atoms with Crippen molar-refractivity contribution in [1.29, 1.82) is 0 Å². The van der Waals surface area contributed by atoms with Crippen LogP contribution >= 0.6 is 0 Å². The first kappa shape index (κ1) is 11.6. The predicted molar refractivity (Wildman–Crippen MR) is 68.1 cm³/mol. The van der Waals surface area contributed by atoms with Crippen molar-refractivity contribution in [3.05, 3.63) is 66.6 Å². The summed E-state index contributed by atoms with van der Waals surface area (Å²) in [5.41, 5.74) is 1.70. The quantitative estimate of drug-likeness (QED) is 0.830. The van der Waals surface area contributed by atoms with Crippen LogP contribution in [0.1, 0.15) is 0 Å². The first-order valence-electron chi connectivity index (χ1n) is 5.08. The van der Waals surface area contributed by atoms with Crippen LogP contribution in [0.4, 0.5) is 0 Å². The summed E-state index contributed by atoms with van der Waals surface area (Å²) in [7, 11) is -3.38. The maximum absolute atomic E-state index is 11.7. The number of benzene rings is 2. The van der Waals surface area contributed by atoms with Crippen molar-refractivity contribution in [2.45, 2.75) is 4.90 Å². The molecule has 2 nitrogen and oxygen atoms in total. The van der Waals surface area contributed by atoms with E-state index in [1.54, 1.807) is 24.3 Å². The summed E-state index contributed by atoms with van der Waals surface area (Å²) < 4.78 is 23.3. The third-order valence-electron chi connectivity index (χ3n) is 2.40. The fourth-order valence-corrected chi connectivity index (χ4v) is 2.26. The minimum atomic E-state index is -3.38. The second kappa shape index (κ2) is 4.55. The molecule has 0 atom stereocenters. The van der Waals surface area contributed by atoms with Crippen molar-refractivity contribution >= 4 is 9.84 Å². The molecule has 17 heavy (non-hydrogen) atoms. The average molecular weight is 243 g/mol. The van der Waals surface area contributed by atoms with E-state index >= 15 is 0 Å². The largest absolute Gasteiger partial charge is 0.219 e. The molecule has 3 heteroatoms. The van der Waals surface area contributed by atoms with E-state index in [0.29, 0.717) is 0 Å². The first-order chi connectivity index (χ1) is 8.13. The number of rotatable bonds is 3. The van der Waals surface area contributed by atoms with E-state index in [1.807, 2.05) is 24.3 Å². The van der Waals surface area contributed by atoms with E-state index in [0.717, 1.165) is 16.5 Å². The Morgan fingerprint density at radius 2 is 1.94 bits per heavy atom. The Morgan fingerprint density at radius 1 is 1.12 bits per heavy atom. The molecule has 0 bridgehead atoms. The zero-order chi connectivity index (χ0) is 12.3. The minimum Gasteiger partial charge on any atom is -0.219 e. The zero-order valence-corrected chi connectivity index (χ0v) is 9.94. The van der Waals surface area contributed by atoms with Crippen LogP contribution < -0.4 is 0 Å². The van der Waals surface area contributed by atoms with Crippen molar-refractivity contribution in [3.63, 3.8) is 0 Å². The molecule has 0 aliphatic carbocycles. The van der Waals surface area contributed by atoms with Gasteiger partial charge in [0.05, 0.1) is 4.90 Å².